The highest BCUT2D eigenvalue weighted by molar-refractivity contribution is 6.67. The Labute approximate surface area is 275 Å². The summed E-state index contributed by atoms with van der Waals surface area (Å²) in [5, 5.41) is -0.411. The summed E-state index contributed by atoms with van der Waals surface area (Å²) in [7, 11) is 67.8. The van der Waals surface area contributed by atoms with Gasteiger partial charge in [0, 0.05) is 49.5 Å². The Kier molecular flexibility index (Phi) is 8.69. The number of piperidine rings is 1. The van der Waals surface area contributed by atoms with Crippen LogP contribution in [0.4, 0.5) is 10.1 Å². The normalized spacial score (nSPS) is 22.7. The van der Waals surface area contributed by atoms with E-state index in [1.165, 1.54) is 0 Å². The molecule has 20 heteroatoms. The van der Waals surface area contributed by atoms with Crippen LogP contribution in [0.15, 0.2) is 0 Å². The van der Waals surface area contributed by atoms with E-state index >= 15 is 4.39 Å². The van der Waals surface area contributed by atoms with Crippen molar-refractivity contribution in [3.05, 3.63) is 28.1 Å². The zero-order valence-corrected chi connectivity index (χ0v) is 24.2. The van der Waals surface area contributed by atoms with Gasteiger partial charge < -0.3 is 15.0 Å². The van der Waals surface area contributed by atoms with Crippen LogP contribution < -0.4 is 43.4 Å². The van der Waals surface area contributed by atoms with Crippen LogP contribution in [0.3, 0.4) is 0 Å². The van der Waals surface area contributed by atoms with Gasteiger partial charge in [0.05, 0.1) is 50.0 Å². The van der Waals surface area contributed by atoms with Crippen LogP contribution in [0.2, 0.25) is 10.4 Å². The predicted octanol–water partition coefficient (Wildman–Crippen LogP) is -7.58. The summed E-state index contributed by atoms with van der Waals surface area (Å²) in [6.07, 6.45) is 0. The Morgan fingerprint density at radius 3 is 2.04 bits per heavy atom. The van der Waals surface area contributed by atoms with Crippen molar-refractivity contribution in [2.75, 3.05) is 31.6 Å². The predicted molar refractivity (Wildman–Crippen MR) is 179 cm³/mol. The molecule has 1 atom stereocenters. The number of rotatable bonds is 6. The fraction of sp³-hybridized carbons (Fsp3) is 0.400. The molecule has 3 aliphatic rings. The summed E-state index contributed by atoms with van der Waals surface area (Å²) < 4.78 is 20.9. The van der Waals surface area contributed by atoms with E-state index in [4.69, 9.17) is 91.0 Å². The number of anilines is 1. The first-order chi connectivity index (χ1) is 20.9. The molecule has 2 aromatic rings. The lowest BCUT2D eigenvalue weighted by molar-refractivity contribution is -0.140. The lowest BCUT2D eigenvalue weighted by Gasteiger charge is -2.60. The zero-order valence-electron chi connectivity index (χ0n) is 24.2. The summed E-state index contributed by atoms with van der Waals surface area (Å²) in [5.74, 6) is -4.27. The average molecular weight is 574 g/mol. The largest absolute Gasteiger partial charge is 0.381 e. The maximum Gasteiger partial charge on any atom is 0.254 e. The smallest absolute Gasteiger partial charge is 0.254 e. The van der Waals surface area contributed by atoms with Crippen molar-refractivity contribution in [1.82, 2.24) is 15.1 Å². The topological polar surface area (TPSA) is 91.0 Å². The number of fused-ring (bicyclic) bond motifs is 1. The Morgan fingerprint density at radius 1 is 0.800 bits per heavy atom. The van der Waals surface area contributed by atoms with Crippen LogP contribution in [0, 0.1) is 5.82 Å². The third-order valence-electron chi connectivity index (χ3n) is 8.88. The van der Waals surface area contributed by atoms with Gasteiger partial charge >= 0.3 is 0 Å². The second-order valence-corrected chi connectivity index (χ2v) is 11.4. The summed E-state index contributed by atoms with van der Waals surface area (Å²) >= 11 is 0. The maximum absolute atomic E-state index is 15.5. The SMILES string of the molecule is [B]c1c([B])c(NCc2c([B])c(CN3CCOCC3)c([B])c([B])c2F)c2c(c1[B])C(=O)N(C1([B])C(=O)NC(=O)C([B])([B])C1([B])[B])C2. The van der Waals surface area contributed by atoms with Crippen molar-refractivity contribution in [3.63, 3.8) is 0 Å². The minimum Gasteiger partial charge on any atom is -0.381 e. The van der Waals surface area contributed by atoms with E-state index in [1.807, 2.05) is 10.2 Å². The molecule has 0 aliphatic carbocycles. The van der Waals surface area contributed by atoms with E-state index in [2.05, 4.69) is 5.32 Å². The number of nitrogens with zero attached hydrogens (tertiary/aromatic N) is 2. The zero-order chi connectivity index (χ0) is 33.4. The third kappa shape index (κ3) is 4.91. The molecule has 45 heavy (non-hydrogen) atoms. The molecule has 3 amide bonds. The van der Waals surface area contributed by atoms with Crippen LogP contribution in [0.1, 0.15) is 27.0 Å². The van der Waals surface area contributed by atoms with Crippen molar-refractivity contribution in [1.29, 1.82) is 0 Å². The van der Waals surface area contributed by atoms with Crippen molar-refractivity contribution in [3.8, 4) is 0 Å². The highest BCUT2D eigenvalue weighted by Crippen LogP contribution is 2.55. The second kappa shape index (κ2) is 11.6. The minimum atomic E-state index is -2.69. The number of benzene rings is 2. The molecule has 200 valence electrons. The van der Waals surface area contributed by atoms with E-state index in [-0.39, 0.29) is 61.7 Å². The van der Waals surface area contributed by atoms with Crippen molar-refractivity contribution >= 4 is 142 Å². The Hall–Kier alpha value is -2.59. The maximum atomic E-state index is 15.5. The number of nitrogens with one attached hydrogen (secondary N) is 2. The number of morpholine rings is 1. The number of amides is 3. The number of imide groups is 1. The highest BCUT2D eigenvalue weighted by Gasteiger charge is 2.63. The van der Waals surface area contributed by atoms with E-state index in [1.54, 1.807) is 0 Å². The molecular weight excluding hydrogens is 558 g/mol. The molecule has 22 radical (unpaired) electrons. The van der Waals surface area contributed by atoms with Gasteiger partial charge in [0.25, 0.3) is 5.91 Å². The van der Waals surface area contributed by atoms with Gasteiger partial charge in [-0.05, 0) is 16.3 Å². The average Bonchev–Trinajstić information content (AvgIpc) is 3.34. The van der Waals surface area contributed by atoms with Gasteiger partial charge in [-0.25, -0.2) is 4.39 Å². The molecule has 2 saturated heterocycles. The van der Waals surface area contributed by atoms with Crippen molar-refractivity contribution in [2.45, 2.75) is 35.5 Å². The molecule has 0 saturated carbocycles. The lowest BCUT2D eigenvalue weighted by atomic mass is 9.21. The van der Waals surface area contributed by atoms with Crippen molar-refractivity contribution in [2.24, 2.45) is 0 Å². The second-order valence-electron chi connectivity index (χ2n) is 11.4. The van der Waals surface area contributed by atoms with Gasteiger partial charge in [-0.15, -0.1) is 5.46 Å². The number of hydrogen-bond acceptors (Lipinski definition) is 6. The molecule has 0 bridgehead atoms. The first-order valence-electron chi connectivity index (χ1n) is 13.7. The first kappa shape index (κ1) is 33.8. The third-order valence-corrected chi connectivity index (χ3v) is 8.88. The van der Waals surface area contributed by atoms with Crippen molar-refractivity contribution < 1.29 is 23.5 Å². The van der Waals surface area contributed by atoms with Gasteiger partial charge in [-0.3, -0.25) is 24.6 Å². The van der Waals surface area contributed by atoms with Crippen LogP contribution in [-0.4, -0.2) is 146 Å². The molecule has 2 aromatic carbocycles. The molecule has 3 heterocycles. The lowest BCUT2D eigenvalue weighted by Crippen LogP contribution is -2.75. The Balaban J connectivity index is 1.55. The molecule has 3 aliphatic heterocycles. The first-order valence-corrected chi connectivity index (χ1v) is 13.7. The number of carbonyl (C=O) groups is 3. The Bertz CT molecular complexity index is 1650. The standard InChI is InChI=1S/C25H16B11FN4O4/c26-12-8(18(37)16(30)13(27)10(12)6-40-1-3-45-4-2-40)5-38-19-9-7-41(20(42)11(9)14(28)15(29)17(19)31)24(34)22(44)39-21(43)23(32,33)25(24,35)36/h38H,1-7H2,(H,39,43,44). The van der Waals surface area contributed by atoms with E-state index in [0.717, 1.165) is 4.90 Å². The monoisotopic (exact) mass is 576 g/mol. The summed E-state index contributed by atoms with van der Waals surface area (Å²) in [6, 6.07) is 0. The molecule has 5 rings (SSSR count). The molecule has 2 fully saturated rings. The number of hydrogen-bond donors (Lipinski definition) is 2. The van der Waals surface area contributed by atoms with Gasteiger partial charge in [0.1, 0.15) is 60.7 Å². The number of carbonyl (C=O) groups excluding carboxylic acids is 3. The fourth-order valence-electron chi connectivity index (χ4n) is 5.85. The molecule has 0 aromatic heterocycles. The Morgan fingerprint density at radius 2 is 1.42 bits per heavy atom. The minimum absolute atomic E-state index is 0.0130. The van der Waals surface area contributed by atoms with Gasteiger partial charge in [0.2, 0.25) is 11.8 Å². The summed E-state index contributed by atoms with van der Waals surface area (Å²) in [4.78, 5) is 42.1. The molecule has 1 unspecified atom stereocenters. The van der Waals surface area contributed by atoms with Crippen LogP contribution in [0.25, 0.3) is 0 Å². The number of halogens is 1. The van der Waals surface area contributed by atoms with Crippen LogP contribution >= 0.6 is 0 Å². The molecular formula is C25H16B11FN4O4. The van der Waals surface area contributed by atoms with E-state index in [0.29, 0.717) is 38.4 Å². The molecule has 0 spiro atoms. The molecule has 2 N–H and O–H groups in total. The highest BCUT2D eigenvalue weighted by atomic mass is 19.1. The van der Waals surface area contributed by atoms with Gasteiger partial charge in [-0.2, -0.15) is 0 Å². The summed E-state index contributed by atoms with van der Waals surface area (Å²) in [6.45, 7) is 1.75. The fourth-order valence-corrected chi connectivity index (χ4v) is 5.85. The quantitative estimate of drug-likeness (QED) is 0.264. The number of ether oxygens (including phenoxy) is 1. The van der Waals surface area contributed by atoms with Gasteiger partial charge in [0.15, 0.2) is 0 Å². The van der Waals surface area contributed by atoms with Crippen LogP contribution in [0.5, 0.6) is 0 Å². The summed E-state index contributed by atoms with van der Waals surface area (Å²) in [5.41, 5.74) is -3.11. The molecule has 8 nitrogen and oxygen atoms in total. The van der Waals surface area contributed by atoms with Gasteiger partial charge in [-0.1, -0.05) is 32.5 Å². The van der Waals surface area contributed by atoms with E-state index < -0.39 is 45.9 Å². The van der Waals surface area contributed by atoms with Crippen LogP contribution in [-0.2, 0) is 34.0 Å². The van der Waals surface area contributed by atoms with E-state index in [9.17, 15) is 14.4 Å².